The Hall–Kier alpha value is -0.940. The number of hydrogen-bond acceptors (Lipinski definition) is 5. The number of rotatable bonds is 3. The van der Waals surface area contributed by atoms with Crippen LogP contribution in [0.25, 0.3) is 0 Å². The molecule has 0 aliphatic carbocycles. The molecule has 5 nitrogen and oxygen atoms in total. The summed E-state index contributed by atoms with van der Waals surface area (Å²) in [6.07, 6.45) is 1.36. The number of nitrogens with one attached hydrogen (secondary N) is 1. The van der Waals surface area contributed by atoms with Gasteiger partial charge < -0.3 is 11.1 Å². The van der Waals surface area contributed by atoms with Crippen LogP contribution in [0.1, 0.15) is 12.7 Å². The molecule has 3 N–H and O–H groups in total. The first-order valence-corrected chi connectivity index (χ1v) is 3.83. The van der Waals surface area contributed by atoms with E-state index in [-0.39, 0.29) is 5.50 Å². The van der Waals surface area contributed by atoms with Crippen molar-refractivity contribution in [3.8, 4) is 0 Å². The van der Waals surface area contributed by atoms with Crippen molar-refractivity contribution in [2.45, 2.75) is 6.92 Å². The number of hydrogen-bond donors (Lipinski definition) is 2. The van der Waals surface area contributed by atoms with Crippen LogP contribution in [0.15, 0.2) is 6.33 Å². The van der Waals surface area contributed by atoms with E-state index in [2.05, 4.69) is 20.3 Å². The molecule has 0 unspecified atom stereocenters. The molecule has 0 amide bonds. The zero-order valence-electron chi connectivity index (χ0n) is 6.58. The van der Waals surface area contributed by atoms with Gasteiger partial charge in [0.25, 0.3) is 0 Å². The normalized spacial score (nSPS) is 10.3. The standard InChI is InChI=1S/C6H9ClN5/c1-2-9-6-11-3-10-5(12-6)4(7)8/h3H,2,8H2,1H3,(H,9,10,11,12). The van der Waals surface area contributed by atoms with Gasteiger partial charge >= 0.3 is 0 Å². The van der Waals surface area contributed by atoms with Crippen molar-refractivity contribution in [1.82, 2.24) is 15.0 Å². The number of nitrogens with zero attached hydrogens (tertiary/aromatic N) is 3. The van der Waals surface area contributed by atoms with E-state index in [1.807, 2.05) is 6.92 Å². The maximum atomic E-state index is 5.49. The fourth-order valence-corrected chi connectivity index (χ4v) is 0.746. The molecular weight excluding hydrogens is 178 g/mol. The summed E-state index contributed by atoms with van der Waals surface area (Å²) in [4.78, 5) is 11.6. The van der Waals surface area contributed by atoms with Gasteiger partial charge in [0.2, 0.25) is 5.95 Å². The van der Waals surface area contributed by atoms with Gasteiger partial charge in [0, 0.05) is 6.54 Å². The molecule has 1 rings (SSSR count). The molecular formula is C6H9ClN5. The minimum atomic E-state index is 0.0663. The Bertz CT molecular complexity index is 251. The van der Waals surface area contributed by atoms with E-state index in [1.54, 1.807) is 0 Å². The summed E-state index contributed by atoms with van der Waals surface area (Å²) in [7, 11) is 0. The second-order valence-corrected chi connectivity index (χ2v) is 2.42. The average molecular weight is 187 g/mol. The largest absolute Gasteiger partial charge is 0.354 e. The zero-order chi connectivity index (χ0) is 8.97. The van der Waals surface area contributed by atoms with Gasteiger partial charge in [-0.1, -0.05) is 11.6 Å². The van der Waals surface area contributed by atoms with E-state index in [1.165, 1.54) is 6.33 Å². The highest BCUT2D eigenvalue weighted by molar-refractivity contribution is 6.28. The third-order valence-corrected chi connectivity index (χ3v) is 1.29. The lowest BCUT2D eigenvalue weighted by Crippen LogP contribution is -2.11. The highest BCUT2D eigenvalue weighted by Crippen LogP contribution is 2.07. The van der Waals surface area contributed by atoms with E-state index < -0.39 is 0 Å². The first kappa shape index (κ1) is 9.15. The van der Waals surface area contributed by atoms with Crippen LogP contribution in [0.4, 0.5) is 5.95 Å². The fourth-order valence-electron chi connectivity index (χ4n) is 0.655. The molecule has 0 bridgehead atoms. The Morgan fingerprint density at radius 3 is 3.00 bits per heavy atom. The number of nitrogens with two attached hydrogens (primary N) is 1. The van der Waals surface area contributed by atoms with Crippen LogP contribution >= 0.6 is 11.6 Å². The van der Waals surface area contributed by atoms with Crippen molar-refractivity contribution in [3.63, 3.8) is 0 Å². The van der Waals surface area contributed by atoms with Crippen molar-refractivity contribution in [1.29, 1.82) is 0 Å². The van der Waals surface area contributed by atoms with Crippen LogP contribution in [-0.2, 0) is 0 Å². The van der Waals surface area contributed by atoms with E-state index in [0.717, 1.165) is 6.54 Å². The lowest BCUT2D eigenvalue weighted by Gasteiger charge is -2.02. The van der Waals surface area contributed by atoms with Crippen LogP contribution < -0.4 is 11.1 Å². The molecule has 0 aliphatic rings. The maximum absolute atomic E-state index is 5.49. The molecule has 0 aromatic carbocycles. The zero-order valence-corrected chi connectivity index (χ0v) is 7.34. The summed E-state index contributed by atoms with van der Waals surface area (Å²) in [5, 5.41) is 2.91. The summed E-state index contributed by atoms with van der Waals surface area (Å²) in [5.74, 6) is 0.772. The topological polar surface area (TPSA) is 76.7 Å². The van der Waals surface area contributed by atoms with Gasteiger partial charge in [0.05, 0.1) is 0 Å². The predicted molar refractivity (Wildman–Crippen MR) is 46.4 cm³/mol. The summed E-state index contributed by atoms with van der Waals surface area (Å²) < 4.78 is 0. The summed E-state index contributed by atoms with van der Waals surface area (Å²) in [5.41, 5.74) is 5.35. The minimum absolute atomic E-state index is 0.0663. The molecule has 65 valence electrons. The quantitative estimate of drug-likeness (QED) is 0.666. The minimum Gasteiger partial charge on any atom is -0.354 e. The smallest absolute Gasteiger partial charge is 0.226 e. The molecule has 6 heteroatoms. The molecule has 0 saturated carbocycles. The number of anilines is 1. The van der Waals surface area contributed by atoms with Crippen molar-refractivity contribution in [3.05, 3.63) is 17.7 Å². The Labute approximate surface area is 75.4 Å². The molecule has 0 spiro atoms. The van der Waals surface area contributed by atoms with Crippen LogP contribution in [0.5, 0.6) is 0 Å². The third kappa shape index (κ3) is 2.28. The van der Waals surface area contributed by atoms with Crippen molar-refractivity contribution in [2.75, 3.05) is 11.9 Å². The molecule has 12 heavy (non-hydrogen) atoms. The lowest BCUT2D eigenvalue weighted by molar-refractivity contribution is 0.947. The molecule has 1 aromatic rings. The lowest BCUT2D eigenvalue weighted by atomic mass is 10.6. The fraction of sp³-hybridized carbons (Fsp3) is 0.333. The second kappa shape index (κ2) is 4.18. The Balaban J connectivity index is 2.81. The first-order chi connectivity index (χ1) is 5.74. The van der Waals surface area contributed by atoms with Gasteiger partial charge in [-0.2, -0.15) is 4.98 Å². The van der Waals surface area contributed by atoms with Crippen molar-refractivity contribution >= 4 is 17.5 Å². The van der Waals surface area contributed by atoms with Gasteiger partial charge in [-0.15, -0.1) is 0 Å². The summed E-state index contributed by atoms with van der Waals surface area (Å²) >= 11 is 5.49. The molecule has 1 aromatic heterocycles. The Morgan fingerprint density at radius 1 is 1.67 bits per heavy atom. The second-order valence-electron chi connectivity index (χ2n) is 2.01. The van der Waals surface area contributed by atoms with E-state index in [4.69, 9.17) is 17.3 Å². The van der Waals surface area contributed by atoms with Crippen LogP contribution in [0, 0.1) is 5.50 Å². The summed E-state index contributed by atoms with van der Waals surface area (Å²) in [6.45, 7) is 2.68. The highest BCUT2D eigenvalue weighted by atomic mass is 35.5. The van der Waals surface area contributed by atoms with Crippen LogP contribution in [0.2, 0.25) is 0 Å². The first-order valence-electron chi connectivity index (χ1n) is 3.45. The van der Waals surface area contributed by atoms with E-state index in [9.17, 15) is 0 Å². The van der Waals surface area contributed by atoms with Crippen LogP contribution in [-0.4, -0.2) is 21.5 Å². The monoisotopic (exact) mass is 186 g/mol. The van der Waals surface area contributed by atoms with E-state index >= 15 is 0 Å². The molecule has 0 aliphatic heterocycles. The van der Waals surface area contributed by atoms with Gasteiger partial charge in [0.15, 0.2) is 11.3 Å². The van der Waals surface area contributed by atoms with E-state index in [0.29, 0.717) is 11.8 Å². The third-order valence-electron chi connectivity index (χ3n) is 1.12. The Kier molecular flexibility index (Phi) is 3.19. The SMILES string of the molecule is CCNc1ncnc([C](N)Cl)n1. The maximum Gasteiger partial charge on any atom is 0.226 e. The number of halogens is 1. The van der Waals surface area contributed by atoms with Gasteiger partial charge in [0.1, 0.15) is 6.33 Å². The van der Waals surface area contributed by atoms with Gasteiger partial charge in [-0.25, -0.2) is 9.97 Å². The molecule has 1 heterocycles. The van der Waals surface area contributed by atoms with Gasteiger partial charge in [-0.3, -0.25) is 0 Å². The Morgan fingerprint density at radius 2 is 2.42 bits per heavy atom. The van der Waals surface area contributed by atoms with Gasteiger partial charge in [-0.05, 0) is 6.92 Å². The molecule has 0 atom stereocenters. The summed E-state index contributed by atoms with van der Waals surface area (Å²) in [6, 6.07) is 0. The highest BCUT2D eigenvalue weighted by Gasteiger charge is 2.06. The predicted octanol–water partition coefficient (Wildman–Crippen LogP) is 0.338. The molecule has 1 radical (unpaired) electrons. The average Bonchev–Trinajstić information content (AvgIpc) is 2.05. The number of aromatic nitrogens is 3. The molecule has 0 saturated heterocycles. The van der Waals surface area contributed by atoms with Crippen molar-refractivity contribution < 1.29 is 0 Å². The van der Waals surface area contributed by atoms with Crippen molar-refractivity contribution in [2.24, 2.45) is 5.73 Å². The van der Waals surface area contributed by atoms with Crippen LogP contribution in [0.3, 0.4) is 0 Å². The molecule has 0 fully saturated rings.